The quantitative estimate of drug-likeness (QED) is 0.176. The maximum Gasteiger partial charge on any atom is 0.134 e. The van der Waals surface area contributed by atoms with Gasteiger partial charge in [-0.1, -0.05) is 166 Å². The SMILES string of the molecule is CC1(C)c2ccccc2-c2cc(-n3c4ccccc4c4cc(N(c5ccccc5)c5ccc6c(c5)Oc5ccccc5C65c6ccccc6-c6cccc7cccc5c67)ccc43)ccc21. The number of nitrogens with zero attached hydrogens (tertiary/aromatic N) is 2. The summed E-state index contributed by atoms with van der Waals surface area (Å²) in [5.41, 5.74) is 18.9. The molecule has 65 heavy (non-hydrogen) atoms. The fraction of sp³-hybridized carbons (Fsp3) is 0.0645. The van der Waals surface area contributed by atoms with Crippen LogP contribution in [0.15, 0.2) is 218 Å². The molecule has 1 aliphatic heterocycles. The maximum absolute atomic E-state index is 7.08. The van der Waals surface area contributed by atoms with Gasteiger partial charge >= 0.3 is 0 Å². The summed E-state index contributed by atoms with van der Waals surface area (Å²) in [7, 11) is 0. The summed E-state index contributed by atoms with van der Waals surface area (Å²) in [6.07, 6.45) is 0. The number of para-hydroxylation sites is 3. The molecule has 1 aromatic heterocycles. The van der Waals surface area contributed by atoms with E-state index in [9.17, 15) is 0 Å². The van der Waals surface area contributed by atoms with Crippen LogP contribution in [0.5, 0.6) is 11.5 Å². The van der Waals surface area contributed by atoms with E-state index in [1.54, 1.807) is 0 Å². The average Bonchev–Trinajstić information content (AvgIpc) is 3.80. The first-order valence-electron chi connectivity index (χ1n) is 22.7. The molecule has 3 nitrogen and oxygen atoms in total. The van der Waals surface area contributed by atoms with Crippen LogP contribution in [0.25, 0.3) is 60.5 Å². The van der Waals surface area contributed by atoms with Gasteiger partial charge in [0, 0.05) is 56.1 Å². The van der Waals surface area contributed by atoms with Crippen molar-refractivity contribution in [1.29, 1.82) is 0 Å². The van der Waals surface area contributed by atoms with Gasteiger partial charge in [-0.05, 0) is 116 Å². The monoisotopic (exact) mass is 830 g/mol. The van der Waals surface area contributed by atoms with Crippen LogP contribution in [-0.4, -0.2) is 4.57 Å². The summed E-state index contributed by atoms with van der Waals surface area (Å²) in [6, 6.07) is 80.5. The normalized spacial score (nSPS) is 15.8. The van der Waals surface area contributed by atoms with Gasteiger partial charge in [0.2, 0.25) is 0 Å². The molecule has 0 amide bonds. The Balaban J connectivity index is 0.971. The molecule has 0 radical (unpaired) electrons. The number of aromatic nitrogens is 1. The van der Waals surface area contributed by atoms with Gasteiger partial charge in [-0.2, -0.15) is 0 Å². The number of fused-ring (bicyclic) bond motifs is 14. The van der Waals surface area contributed by atoms with Gasteiger partial charge in [-0.25, -0.2) is 0 Å². The van der Waals surface area contributed by atoms with Crippen molar-refractivity contribution < 1.29 is 4.74 Å². The number of ether oxygens (including phenoxy) is 1. The van der Waals surface area contributed by atoms with E-state index in [2.05, 4.69) is 242 Å². The van der Waals surface area contributed by atoms with Crippen molar-refractivity contribution in [2.45, 2.75) is 24.7 Å². The molecule has 11 aromatic rings. The Morgan fingerprint density at radius 1 is 0.385 bits per heavy atom. The maximum atomic E-state index is 7.08. The Kier molecular flexibility index (Phi) is 7.38. The highest BCUT2D eigenvalue weighted by molar-refractivity contribution is 6.11. The van der Waals surface area contributed by atoms with Crippen LogP contribution in [0.4, 0.5) is 17.1 Å². The van der Waals surface area contributed by atoms with Crippen molar-refractivity contribution in [1.82, 2.24) is 4.57 Å². The highest BCUT2D eigenvalue weighted by Crippen LogP contribution is 2.62. The minimum atomic E-state index is -0.596. The van der Waals surface area contributed by atoms with Crippen molar-refractivity contribution in [3.05, 3.63) is 252 Å². The molecule has 3 heteroatoms. The van der Waals surface area contributed by atoms with Crippen molar-refractivity contribution >= 4 is 49.6 Å². The van der Waals surface area contributed by atoms with Gasteiger partial charge in [-0.3, -0.25) is 0 Å². The number of hydrogen-bond donors (Lipinski definition) is 0. The number of hydrogen-bond acceptors (Lipinski definition) is 2. The second kappa shape index (κ2) is 13.2. The lowest BCUT2D eigenvalue weighted by Crippen LogP contribution is -2.36. The molecule has 0 bridgehead atoms. The first-order chi connectivity index (χ1) is 32.0. The summed E-state index contributed by atoms with van der Waals surface area (Å²) in [4.78, 5) is 2.38. The van der Waals surface area contributed by atoms with E-state index in [1.807, 2.05) is 0 Å². The lowest BCUT2D eigenvalue weighted by molar-refractivity contribution is 0.435. The molecule has 10 aromatic carbocycles. The van der Waals surface area contributed by atoms with Crippen molar-refractivity contribution in [2.24, 2.45) is 0 Å². The highest BCUT2D eigenvalue weighted by atomic mass is 16.5. The average molecular weight is 831 g/mol. The molecule has 306 valence electrons. The molecule has 0 N–H and O–H groups in total. The van der Waals surface area contributed by atoms with Crippen molar-refractivity contribution in [3.63, 3.8) is 0 Å². The predicted octanol–water partition coefficient (Wildman–Crippen LogP) is 16.2. The lowest BCUT2D eigenvalue weighted by Gasteiger charge is -2.45. The third-order valence-corrected chi connectivity index (χ3v) is 14.8. The molecule has 2 heterocycles. The topological polar surface area (TPSA) is 17.4 Å². The van der Waals surface area contributed by atoms with Gasteiger partial charge in [0.1, 0.15) is 11.5 Å². The van der Waals surface area contributed by atoms with Gasteiger partial charge in [0.05, 0.1) is 16.4 Å². The standard InChI is InChI=1S/C62H42N2O/c1-61(2)50-24-9-6-21-45(50)48-36-42(30-33-51(48)61)64-56-28-12-8-22-46(56)49-37-41(32-35-57(49)64)63(40-18-4-3-5-19-40)43-31-34-54-59(38-43)65-58-29-13-11-26-53(58)62(54)52-25-10-7-20-44(52)47-23-14-16-39-17-15-27-55(62)60(39)47/h3-38H,1-2H3. The molecule has 1 atom stereocenters. The Bertz CT molecular complexity index is 3800. The third kappa shape index (κ3) is 4.85. The van der Waals surface area contributed by atoms with Crippen LogP contribution in [0.3, 0.4) is 0 Å². The van der Waals surface area contributed by atoms with Crippen LogP contribution >= 0.6 is 0 Å². The largest absolute Gasteiger partial charge is 0.457 e. The molecule has 3 aliphatic rings. The lowest BCUT2D eigenvalue weighted by atomic mass is 9.58. The first-order valence-corrected chi connectivity index (χ1v) is 22.7. The Morgan fingerprint density at radius 3 is 1.85 bits per heavy atom. The van der Waals surface area contributed by atoms with Crippen LogP contribution in [-0.2, 0) is 10.8 Å². The second-order valence-electron chi connectivity index (χ2n) is 18.4. The van der Waals surface area contributed by atoms with Crippen LogP contribution < -0.4 is 9.64 Å². The van der Waals surface area contributed by atoms with Gasteiger partial charge in [-0.15, -0.1) is 0 Å². The summed E-state index contributed by atoms with van der Waals surface area (Å²) >= 11 is 0. The van der Waals surface area contributed by atoms with Crippen LogP contribution in [0, 0.1) is 0 Å². The van der Waals surface area contributed by atoms with E-state index >= 15 is 0 Å². The second-order valence-corrected chi connectivity index (χ2v) is 18.4. The Morgan fingerprint density at radius 2 is 0.985 bits per heavy atom. The van der Waals surface area contributed by atoms with E-state index in [4.69, 9.17) is 4.74 Å². The fourth-order valence-corrected chi connectivity index (χ4v) is 12.1. The Hall–Kier alpha value is -8.14. The molecule has 0 fully saturated rings. The first kappa shape index (κ1) is 36.4. The van der Waals surface area contributed by atoms with E-state index in [1.165, 1.54) is 82.8 Å². The van der Waals surface area contributed by atoms with E-state index in [-0.39, 0.29) is 5.41 Å². The minimum absolute atomic E-state index is 0.0485. The smallest absolute Gasteiger partial charge is 0.134 e. The van der Waals surface area contributed by atoms with Gasteiger partial charge < -0.3 is 14.2 Å². The number of rotatable bonds is 4. The van der Waals surface area contributed by atoms with E-state index in [0.29, 0.717) is 0 Å². The molecule has 1 spiro atoms. The predicted molar refractivity (Wildman–Crippen MR) is 268 cm³/mol. The minimum Gasteiger partial charge on any atom is -0.457 e. The molecular formula is C62H42N2O. The fourth-order valence-electron chi connectivity index (χ4n) is 12.1. The van der Waals surface area contributed by atoms with Gasteiger partial charge in [0.25, 0.3) is 0 Å². The summed E-state index contributed by atoms with van der Waals surface area (Å²) in [6.45, 7) is 4.69. The molecule has 1 unspecified atom stereocenters. The van der Waals surface area contributed by atoms with E-state index < -0.39 is 5.41 Å². The summed E-state index contributed by atoms with van der Waals surface area (Å²) in [5.74, 6) is 1.73. The molecule has 14 rings (SSSR count). The highest BCUT2D eigenvalue weighted by Gasteiger charge is 2.49. The third-order valence-electron chi connectivity index (χ3n) is 14.8. The van der Waals surface area contributed by atoms with Crippen LogP contribution in [0.2, 0.25) is 0 Å². The number of benzene rings is 10. The zero-order valence-electron chi connectivity index (χ0n) is 36.1. The molecular weight excluding hydrogens is 789 g/mol. The molecule has 0 saturated heterocycles. The molecule has 0 saturated carbocycles. The van der Waals surface area contributed by atoms with Crippen molar-refractivity contribution in [2.75, 3.05) is 4.90 Å². The van der Waals surface area contributed by atoms with Crippen LogP contribution in [0.1, 0.15) is 47.2 Å². The van der Waals surface area contributed by atoms with Crippen molar-refractivity contribution in [3.8, 4) is 39.4 Å². The summed E-state index contributed by atoms with van der Waals surface area (Å²) < 4.78 is 9.53. The zero-order valence-corrected chi connectivity index (χ0v) is 36.1. The van der Waals surface area contributed by atoms with Gasteiger partial charge in [0.15, 0.2) is 0 Å². The molecule has 2 aliphatic carbocycles. The number of anilines is 3. The Labute approximate surface area is 378 Å². The zero-order chi connectivity index (χ0) is 43.0. The van der Waals surface area contributed by atoms with E-state index in [0.717, 1.165) is 39.7 Å². The summed E-state index contributed by atoms with van der Waals surface area (Å²) in [5, 5.41) is 4.96.